The summed E-state index contributed by atoms with van der Waals surface area (Å²) in [4.78, 5) is 12.1. The highest BCUT2D eigenvalue weighted by Crippen LogP contribution is 2.10. The number of nitrogens with one attached hydrogen (secondary N) is 2. The van der Waals surface area contributed by atoms with Crippen molar-refractivity contribution < 1.29 is 4.79 Å². The largest absolute Gasteiger partial charge is 0.385 e. The number of anilines is 1. The van der Waals surface area contributed by atoms with Gasteiger partial charge in [-0.25, -0.2) is 0 Å². The lowest BCUT2D eigenvalue weighted by molar-refractivity contribution is 0.0934. The third-order valence-corrected chi connectivity index (χ3v) is 3.19. The van der Waals surface area contributed by atoms with Crippen LogP contribution in [0.15, 0.2) is 24.3 Å². The van der Waals surface area contributed by atoms with Crippen molar-refractivity contribution in [1.82, 2.24) is 5.32 Å². The topological polar surface area (TPSA) is 41.1 Å². The molecule has 0 aliphatic rings. The average Bonchev–Trinajstić information content (AvgIpc) is 2.45. The Morgan fingerprint density at radius 2 is 1.79 bits per heavy atom. The summed E-state index contributed by atoms with van der Waals surface area (Å²) < 4.78 is 0. The van der Waals surface area contributed by atoms with Crippen LogP contribution in [-0.4, -0.2) is 18.5 Å². The van der Waals surface area contributed by atoms with Crippen LogP contribution in [0, 0.1) is 0 Å². The fourth-order valence-corrected chi connectivity index (χ4v) is 2.00. The molecule has 0 aliphatic heterocycles. The van der Waals surface area contributed by atoms with E-state index in [0.29, 0.717) is 0 Å². The van der Waals surface area contributed by atoms with E-state index in [1.807, 2.05) is 24.3 Å². The first kappa shape index (κ1) is 15.5. The van der Waals surface area contributed by atoms with E-state index in [4.69, 9.17) is 0 Å². The van der Waals surface area contributed by atoms with Gasteiger partial charge < -0.3 is 10.6 Å². The zero-order valence-electron chi connectivity index (χ0n) is 12.3. The molecule has 3 heteroatoms. The van der Waals surface area contributed by atoms with Crippen LogP contribution in [0.3, 0.4) is 0 Å². The minimum Gasteiger partial charge on any atom is -0.385 e. The lowest BCUT2D eigenvalue weighted by Gasteiger charge is -2.16. The summed E-state index contributed by atoms with van der Waals surface area (Å²) in [7, 11) is 0. The monoisotopic (exact) mass is 262 g/mol. The van der Waals surface area contributed by atoms with Crippen LogP contribution in [0.5, 0.6) is 0 Å². The Hall–Kier alpha value is -1.51. The van der Waals surface area contributed by atoms with Crippen LogP contribution < -0.4 is 10.6 Å². The molecule has 1 aromatic rings. The van der Waals surface area contributed by atoms with Crippen molar-refractivity contribution in [3.05, 3.63) is 29.8 Å². The zero-order chi connectivity index (χ0) is 14.1. The van der Waals surface area contributed by atoms with Gasteiger partial charge in [0.15, 0.2) is 0 Å². The first-order valence-electron chi connectivity index (χ1n) is 7.36. The Morgan fingerprint density at radius 3 is 2.32 bits per heavy atom. The molecule has 1 rings (SSSR count). The summed E-state index contributed by atoms with van der Waals surface area (Å²) in [6.07, 6.45) is 4.21. The van der Waals surface area contributed by atoms with Crippen molar-refractivity contribution in [2.45, 2.75) is 52.5 Å². The molecule has 0 aromatic heterocycles. The van der Waals surface area contributed by atoms with Crippen LogP contribution in [0.4, 0.5) is 5.69 Å². The van der Waals surface area contributed by atoms with Gasteiger partial charge in [0.1, 0.15) is 0 Å². The first-order valence-corrected chi connectivity index (χ1v) is 7.36. The number of hydrogen-bond donors (Lipinski definition) is 2. The van der Waals surface area contributed by atoms with Gasteiger partial charge in [0, 0.05) is 23.8 Å². The molecule has 106 valence electrons. The van der Waals surface area contributed by atoms with Crippen molar-refractivity contribution in [2.75, 3.05) is 11.9 Å². The molecular formula is C16H26N2O. The van der Waals surface area contributed by atoms with Crippen LogP contribution in [0.25, 0.3) is 0 Å². The Kier molecular flexibility index (Phi) is 7.01. The second-order valence-electron chi connectivity index (χ2n) is 4.87. The van der Waals surface area contributed by atoms with Gasteiger partial charge in [-0.1, -0.05) is 27.2 Å². The SMILES string of the molecule is CCCNc1ccc(C(=O)NC(CC)CCC)cc1. The van der Waals surface area contributed by atoms with Gasteiger partial charge in [-0.05, 0) is 43.5 Å². The van der Waals surface area contributed by atoms with Crippen molar-refractivity contribution in [3.63, 3.8) is 0 Å². The minimum atomic E-state index is 0.0299. The van der Waals surface area contributed by atoms with Crippen LogP contribution >= 0.6 is 0 Å². The number of hydrogen-bond acceptors (Lipinski definition) is 2. The molecule has 1 atom stereocenters. The summed E-state index contributed by atoms with van der Waals surface area (Å²) in [6, 6.07) is 7.98. The molecular weight excluding hydrogens is 236 g/mol. The fraction of sp³-hybridized carbons (Fsp3) is 0.562. The van der Waals surface area contributed by atoms with E-state index >= 15 is 0 Å². The predicted molar refractivity (Wildman–Crippen MR) is 81.7 cm³/mol. The second kappa shape index (κ2) is 8.57. The van der Waals surface area contributed by atoms with E-state index in [9.17, 15) is 4.79 Å². The quantitative estimate of drug-likeness (QED) is 0.748. The molecule has 0 aliphatic carbocycles. The molecule has 0 heterocycles. The maximum atomic E-state index is 12.1. The number of amides is 1. The molecule has 2 N–H and O–H groups in total. The molecule has 1 unspecified atom stereocenters. The van der Waals surface area contributed by atoms with Crippen LogP contribution in [-0.2, 0) is 0 Å². The molecule has 19 heavy (non-hydrogen) atoms. The fourth-order valence-electron chi connectivity index (χ4n) is 2.00. The van der Waals surface area contributed by atoms with Gasteiger partial charge in [0.2, 0.25) is 0 Å². The number of rotatable bonds is 8. The lowest BCUT2D eigenvalue weighted by Crippen LogP contribution is -2.34. The Morgan fingerprint density at radius 1 is 1.11 bits per heavy atom. The molecule has 0 saturated carbocycles. The number of carbonyl (C=O) groups is 1. The summed E-state index contributed by atoms with van der Waals surface area (Å²) in [6.45, 7) is 7.34. The Bertz CT molecular complexity index is 373. The highest BCUT2D eigenvalue weighted by atomic mass is 16.1. The Labute approximate surface area is 116 Å². The van der Waals surface area contributed by atoms with E-state index in [1.165, 1.54) is 0 Å². The first-order chi connectivity index (χ1) is 9.21. The maximum Gasteiger partial charge on any atom is 0.251 e. The highest BCUT2D eigenvalue weighted by Gasteiger charge is 2.11. The number of carbonyl (C=O) groups excluding carboxylic acids is 1. The van der Waals surface area contributed by atoms with Crippen LogP contribution in [0.2, 0.25) is 0 Å². The molecule has 0 bridgehead atoms. The van der Waals surface area contributed by atoms with E-state index in [1.54, 1.807) is 0 Å². The Balaban J connectivity index is 2.56. The smallest absolute Gasteiger partial charge is 0.251 e. The third kappa shape index (κ3) is 5.33. The zero-order valence-corrected chi connectivity index (χ0v) is 12.3. The standard InChI is InChI=1S/C16H26N2O/c1-4-7-14(6-3)18-16(19)13-8-10-15(11-9-13)17-12-5-2/h8-11,14,17H,4-7,12H2,1-3H3,(H,18,19). The molecule has 1 amide bonds. The molecule has 0 radical (unpaired) electrons. The summed E-state index contributed by atoms with van der Waals surface area (Å²) in [5.74, 6) is 0.0299. The van der Waals surface area contributed by atoms with Gasteiger partial charge in [-0.2, -0.15) is 0 Å². The molecule has 0 fully saturated rings. The minimum absolute atomic E-state index is 0.0299. The molecule has 3 nitrogen and oxygen atoms in total. The summed E-state index contributed by atoms with van der Waals surface area (Å²) in [5, 5.41) is 6.39. The van der Waals surface area contributed by atoms with E-state index in [0.717, 1.165) is 43.5 Å². The second-order valence-corrected chi connectivity index (χ2v) is 4.87. The predicted octanol–water partition coefficient (Wildman–Crippen LogP) is 3.82. The molecule has 0 spiro atoms. The highest BCUT2D eigenvalue weighted by molar-refractivity contribution is 5.94. The van der Waals surface area contributed by atoms with Crippen molar-refractivity contribution in [1.29, 1.82) is 0 Å². The van der Waals surface area contributed by atoms with Gasteiger partial charge in [0.05, 0.1) is 0 Å². The van der Waals surface area contributed by atoms with E-state index in [2.05, 4.69) is 31.4 Å². The van der Waals surface area contributed by atoms with Gasteiger partial charge in [-0.3, -0.25) is 4.79 Å². The van der Waals surface area contributed by atoms with Crippen molar-refractivity contribution in [2.24, 2.45) is 0 Å². The lowest BCUT2D eigenvalue weighted by atomic mass is 10.1. The summed E-state index contributed by atoms with van der Waals surface area (Å²) in [5.41, 5.74) is 1.80. The van der Waals surface area contributed by atoms with Crippen molar-refractivity contribution >= 4 is 11.6 Å². The van der Waals surface area contributed by atoms with E-state index in [-0.39, 0.29) is 11.9 Å². The maximum absolute atomic E-state index is 12.1. The van der Waals surface area contributed by atoms with Gasteiger partial charge in [0.25, 0.3) is 5.91 Å². The molecule has 0 saturated heterocycles. The third-order valence-electron chi connectivity index (χ3n) is 3.19. The van der Waals surface area contributed by atoms with Gasteiger partial charge in [-0.15, -0.1) is 0 Å². The normalized spacial score (nSPS) is 11.9. The van der Waals surface area contributed by atoms with Gasteiger partial charge >= 0.3 is 0 Å². The average molecular weight is 262 g/mol. The summed E-state index contributed by atoms with van der Waals surface area (Å²) >= 11 is 0. The van der Waals surface area contributed by atoms with Crippen molar-refractivity contribution in [3.8, 4) is 0 Å². The number of benzene rings is 1. The van der Waals surface area contributed by atoms with E-state index < -0.39 is 0 Å². The molecule has 1 aromatic carbocycles. The van der Waals surface area contributed by atoms with Crippen LogP contribution in [0.1, 0.15) is 56.8 Å².